The van der Waals surface area contributed by atoms with Crippen LogP contribution in [0.5, 0.6) is 5.75 Å². The molecule has 0 atom stereocenters. The van der Waals surface area contributed by atoms with Gasteiger partial charge in [-0.2, -0.15) is 0 Å². The number of benzene rings is 1. The van der Waals surface area contributed by atoms with E-state index in [-0.39, 0.29) is 18.0 Å². The molecule has 0 heterocycles. The van der Waals surface area contributed by atoms with E-state index in [1.807, 2.05) is 0 Å². The number of aromatic hydroxyl groups is 1. The fraction of sp³-hybridized carbons (Fsp3) is 0.385. The summed E-state index contributed by atoms with van der Waals surface area (Å²) in [6.45, 7) is 5.19. The van der Waals surface area contributed by atoms with Crippen LogP contribution in [0.2, 0.25) is 0 Å². The number of hydrogen-bond acceptors (Lipinski definition) is 5. The highest BCUT2D eigenvalue weighted by Gasteiger charge is 2.17. The molecule has 3 N–H and O–H groups in total. The highest BCUT2D eigenvalue weighted by atomic mass is 16.6. The first kappa shape index (κ1) is 16.4. The minimum absolute atomic E-state index is 0.0293. The van der Waals surface area contributed by atoms with Gasteiger partial charge in [0.25, 0.3) is 5.91 Å². The third kappa shape index (κ3) is 5.09. The van der Waals surface area contributed by atoms with Gasteiger partial charge in [-0.25, -0.2) is 0 Å². The molecule has 0 bridgehead atoms. The average molecular weight is 295 g/mol. The molecule has 0 saturated carbocycles. The van der Waals surface area contributed by atoms with Crippen molar-refractivity contribution < 1.29 is 19.6 Å². The van der Waals surface area contributed by atoms with Crippen molar-refractivity contribution in [3.05, 3.63) is 33.9 Å². The maximum Gasteiger partial charge on any atom is 0.310 e. The predicted octanol–water partition coefficient (Wildman–Crippen LogP) is 0.945. The number of nitro groups is 1. The first-order valence-electron chi connectivity index (χ1n) is 6.17. The SMILES string of the molecule is CC(C)(C)NC(=O)CNC(=O)c1ccc([N+](=O)[O-])c(O)c1. The fourth-order valence-electron chi connectivity index (χ4n) is 1.54. The number of amides is 2. The van der Waals surface area contributed by atoms with Crippen LogP contribution < -0.4 is 10.6 Å². The van der Waals surface area contributed by atoms with Crippen molar-refractivity contribution >= 4 is 17.5 Å². The Kier molecular flexibility index (Phi) is 4.85. The Balaban J connectivity index is 2.67. The molecule has 1 rings (SSSR count). The van der Waals surface area contributed by atoms with Crippen LogP contribution in [0, 0.1) is 10.1 Å². The quantitative estimate of drug-likeness (QED) is 0.564. The Morgan fingerprint density at radius 3 is 2.43 bits per heavy atom. The Bertz CT molecular complexity index is 578. The van der Waals surface area contributed by atoms with Gasteiger partial charge in [0.15, 0.2) is 5.75 Å². The van der Waals surface area contributed by atoms with E-state index < -0.39 is 27.8 Å². The van der Waals surface area contributed by atoms with Crippen LogP contribution in [0.15, 0.2) is 18.2 Å². The minimum Gasteiger partial charge on any atom is -0.502 e. The summed E-state index contributed by atoms with van der Waals surface area (Å²) < 4.78 is 0. The number of nitrogens with zero attached hydrogens (tertiary/aromatic N) is 1. The summed E-state index contributed by atoms with van der Waals surface area (Å²) >= 11 is 0. The summed E-state index contributed by atoms with van der Waals surface area (Å²) in [5.41, 5.74) is -0.869. The Hall–Kier alpha value is -2.64. The molecule has 0 aliphatic rings. The monoisotopic (exact) mass is 295 g/mol. The van der Waals surface area contributed by atoms with E-state index in [9.17, 15) is 24.8 Å². The number of carbonyl (C=O) groups excluding carboxylic acids is 2. The van der Waals surface area contributed by atoms with Gasteiger partial charge in [-0.3, -0.25) is 19.7 Å². The number of nitro benzene ring substituents is 1. The van der Waals surface area contributed by atoms with E-state index in [0.717, 1.165) is 12.1 Å². The largest absolute Gasteiger partial charge is 0.502 e. The van der Waals surface area contributed by atoms with E-state index in [1.54, 1.807) is 20.8 Å². The molecule has 1 aromatic rings. The van der Waals surface area contributed by atoms with Gasteiger partial charge in [0, 0.05) is 17.2 Å². The summed E-state index contributed by atoms with van der Waals surface area (Å²) in [5.74, 6) is -1.57. The molecule has 0 radical (unpaired) electrons. The van der Waals surface area contributed by atoms with Gasteiger partial charge < -0.3 is 15.7 Å². The molecule has 1 aromatic carbocycles. The maximum absolute atomic E-state index is 11.8. The summed E-state index contributed by atoms with van der Waals surface area (Å²) in [5, 5.41) is 25.0. The van der Waals surface area contributed by atoms with Crippen LogP contribution in [-0.2, 0) is 4.79 Å². The van der Waals surface area contributed by atoms with Gasteiger partial charge in [0.05, 0.1) is 11.5 Å². The number of phenolic OH excluding ortho intramolecular Hbond substituents is 1. The molecule has 114 valence electrons. The predicted molar refractivity (Wildman–Crippen MR) is 75.0 cm³/mol. The number of hydrogen-bond donors (Lipinski definition) is 3. The highest BCUT2D eigenvalue weighted by Crippen LogP contribution is 2.26. The smallest absolute Gasteiger partial charge is 0.310 e. The lowest BCUT2D eigenvalue weighted by Gasteiger charge is -2.20. The molecular formula is C13H17N3O5. The van der Waals surface area contributed by atoms with Crippen molar-refractivity contribution in [2.24, 2.45) is 0 Å². The summed E-state index contributed by atoms with van der Waals surface area (Å²) in [6, 6.07) is 3.21. The zero-order chi connectivity index (χ0) is 16.2. The summed E-state index contributed by atoms with van der Waals surface area (Å²) in [7, 11) is 0. The molecule has 0 aromatic heterocycles. The van der Waals surface area contributed by atoms with Gasteiger partial charge in [-0.1, -0.05) is 0 Å². The Morgan fingerprint density at radius 2 is 1.95 bits per heavy atom. The molecule has 8 nitrogen and oxygen atoms in total. The van der Waals surface area contributed by atoms with Crippen molar-refractivity contribution in [2.45, 2.75) is 26.3 Å². The van der Waals surface area contributed by atoms with Gasteiger partial charge in [-0.05, 0) is 32.9 Å². The zero-order valence-electron chi connectivity index (χ0n) is 12.0. The zero-order valence-corrected chi connectivity index (χ0v) is 12.0. The number of nitrogens with one attached hydrogen (secondary N) is 2. The van der Waals surface area contributed by atoms with Crippen molar-refractivity contribution in [1.82, 2.24) is 10.6 Å². The second-order valence-corrected chi connectivity index (χ2v) is 5.44. The van der Waals surface area contributed by atoms with Crippen LogP contribution in [-0.4, -0.2) is 33.9 Å². The Morgan fingerprint density at radius 1 is 1.33 bits per heavy atom. The second kappa shape index (κ2) is 6.21. The van der Waals surface area contributed by atoms with E-state index in [1.165, 1.54) is 6.07 Å². The van der Waals surface area contributed by atoms with Gasteiger partial charge in [0.1, 0.15) is 0 Å². The fourth-order valence-corrected chi connectivity index (χ4v) is 1.54. The van der Waals surface area contributed by atoms with Crippen LogP contribution in [0.25, 0.3) is 0 Å². The molecule has 8 heteroatoms. The summed E-state index contributed by atoms with van der Waals surface area (Å²) in [4.78, 5) is 33.1. The first-order chi connectivity index (χ1) is 9.60. The van der Waals surface area contributed by atoms with E-state index in [0.29, 0.717) is 0 Å². The van der Waals surface area contributed by atoms with Crippen LogP contribution >= 0.6 is 0 Å². The number of rotatable bonds is 4. The average Bonchev–Trinajstić information content (AvgIpc) is 2.33. The lowest BCUT2D eigenvalue weighted by molar-refractivity contribution is -0.385. The first-order valence-corrected chi connectivity index (χ1v) is 6.17. The van der Waals surface area contributed by atoms with Gasteiger partial charge in [-0.15, -0.1) is 0 Å². The Labute approximate surface area is 121 Å². The van der Waals surface area contributed by atoms with Crippen molar-refractivity contribution in [3.8, 4) is 5.75 Å². The minimum atomic E-state index is -0.756. The number of phenols is 1. The lowest BCUT2D eigenvalue weighted by atomic mass is 10.1. The highest BCUT2D eigenvalue weighted by molar-refractivity contribution is 5.97. The molecular weight excluding hydrogens is 278 g/mol. The third-order valence-corrected chi connectivity index (χ3v) is 2.36. The van der Waals surface area contributed by atoms with E-state index in [2.05, 4.69) is 10.6 Å². The summed E-state index contributed by atoms with van der Waals surface area (Å²) in [6.07, 6.45) is 0. The van der Waals surface area contributed by atoms with Crippen molar-refractivity contribution in [3.63, 3.8) is 0 Å². The van der Waals surface area contributed by atoms with E-state index in [4.69, 9.17) is 0 Å². The second-order valence-electron chi connectivity index (χ2n) is 5.44. The molecule has 0 aliphatic carbocycles. The molecule has 0 aliphatic heterocycles. The van der Waals surface area contributed by atoms with Crippen LogP contribution in [0.3, 0.4) is 0 Å². The molecule has 2 amide bonds. The molecule has 0 unspecified atom stereocenters. The van der Waals surface area contributed by atoms with Gasteiger partial charge >= 0.3 is 5.69 Å². The molecule has 0 spiro atoms. The number of carbonyl (C=O) groups is 2. The van der Waals surface area contributed by atoms with Crippen molar-refractivity contribution in [2.75, 3.05) is 6.54 Å². The van der Waals surface area contributed by atoms with E-state index >= 15 is 0 Å². The normalized spacial score (nSPS) is 10.8. The molecule has 21 heavy (non-hydrogen) atoms. The van der Waals surface area contributed by atoms with Crippen LogP contribution in [0.4, 0.5) is 5.69 Å². The topological polar surface area (TPSA) is 122 Å². The molecule has 0 saturated heterocycles. The van der Waals surface area contributed by atoms with Crippen LogP contribution in [0.1, 0.15) is 31.1 Å². The lowest BCUT2D eigenvalue weighted by Crippen LogP contribution is -2.45. The third-order valence-electron chi connectivity index (χ3n) is 2.36. The van der Waals surface area contributed by atoms with Crippen molar-refractivity contribution in [1.29, 1.82) is 0 Å². The van der Waals surface area contributed by atoms with Gasteiger partial charge in [0.2, 0.25) is 5.91 Å². The molecule has 0 fully saturated rings. The maximum atomic E-state index is 11.8. The standard InChI is InChI=1S/C13H17N3O5/c1-13(2,3)15-11(18)7-14-12(19)8-4-5-9(16(20)21)10(17)6-8/h4-6,17H,7H2,1-3H3,(H,14,19)(H,15,18).